The van der Waals surface area contributed by atoms with E-state index in [9.17, 15) is 4.39 Å². The molecule has 0 saturated heterocycles. The summed E-state index contributed by atoms with van der Waals surface area (Å²) in [6.07, 6.45) is 1.42. The van der Waals surface area contributed by atoms with Crippen LogP contribution in [-0.2, 0) is 0 Å². The van der Waals surface area contributed by atoms with E-state index in [1.807, 2.05) is 31.9 Å². The number of anilines is 3. The molecule has 1 aromatic heterocycles. The summed E-state index contributed by atoms with van der Waals surface area (Å²) in [6.45, 7) is 4.05. The fourth-order valence-corrected chi connectivity index (χ4v) is 2.03. The topological polar surface area (TPSA) is 55.0 Å². The minimum atomic E-state index is -0.280. The number of halogens is 1. The largest absolute Gasteiger partial charge is 0.383 e. The van der Waals surface area contributed by atoms with Crippen molar-refractivity contribution in [3.05, 3.63) is 42.0 Å². The maximum absolute atomic E-state index is 13.3. The molecule has 0 unspecified atom stereocenters. The molecule has 0 aliphatic carbocycles. The van der Waals surface area contributed by atoms with Gasteiger partial charge in [-0.15, -0.1) is 0 Å². The van der Waals surface area contributed by atoms with Gasteiger partial charge in [0.25, 0.3) is 0 Å². The standard InChI is InChI=1S/C14H17FN4/c1-9(2)12-13(16)17-8-18-14(12)19(3)11-6-4-5-10(15)7-11/h4-9H,1-3H3,(H2,16,17,18). The summed E-state index contributed by atoms with van der Waals surface area (Å²) >= 11 is 0. The van der Waals surface area contributed by atoms with Crippen LogP contribution < -0.4 is 10.6 Å². The van der Waals surface area contributed by atoms with Gasteiger partial charge in [0, 0.05) is 18.3 Å². The third-order valence-corrected chi connectivity index (χ3v) is 2.98. The van der Waals surface area contributed by atoms with Gasteiger partial charge in [-0.25, -0.2) is 14.4 Å². The molecule has 1 aromatic carbocycles. The zero-order valence-corrected chi connectivity index (χ0v) is 11.3. The van der Waals surface area contributed by atoms with E-state index in [-0.39, 0.29) is 11.7 Å². The molecule has 19 heavy (non-hydrogen) atoms. The summed E-state index contributed by atoms with van der Waals surface area (Å²) in [7, 11) is 1.84. The molecule has 0 aliphatic rings. The van der Waals surface area contributed by atoms with Crippen molar-refractivity contribution in [1.29, 1.82) is 0 Å². The van der Waals surface area contributed by atoms with Gasteiger partial charge in [0.15, 0.2) is 0 Å². The summed E-state index contributed by atoms with van der Waals surface area (Å²) in [5.74, 6) is 1.07. The highest BCUT2D eigenvalue weighted by molar-refractivity contribution is 5.66. The Hall–Kier alpha value is -2.17. The van der Waals surface area contributed by atoms with Crippen molar-refractivity contribution >= 4 is 17.3 Å². The SMILES string of the molecule is CC(C)c1c(N)ncnc1N(C)c1cccc(F)c1. The maximum atomic E-state index is 13.3. The molecule has 0 spiro atoms. The van der Waals surface area contributed by atoms with Crippen LogP contribution in [0.25, 0.3) is 0 Å². The lowest BCUT2D eigenvalue weighted by Crippen LogP contribution is -2.16. The second-order valence-corrected chi connectivity index (χ2v) is 4.69. The Morgan fingerprint density at radius 1 is 1.26 bits per heavy atom. The van der Waals surface area contributed by atoms with Gasteiger partial charge in [0.1, 0.15) is 23.8 Å². The van der Waals surface area contributed by atoms with Crippen molar-refractivity contribution in [3.63, 3.8) is 0 Å². The minimum absolute atomic E-state index is 0.187. The van der Waals surface area contributed by atoms with Crippen LogP contribution in [0.5, 0.6) is 0 Å². The molecular formula is C14H17FN4. The molecule has 1 heterocycles. The van der Waals surface area contributed by atoms with Crippen molar-refractivity contribution in [2.24, 2.45) is 0 Å². The molecule has 0 aliphatic heterocycles. The van der Waals surface area contributed by atoms with Gasteiger partial charge >= 0.3 is 0 Å². The van der Waals surface area contributed by atoms with Crippen LogP contribution in [0, 0.1) is 5.82 Å². The first kappa shape index (κ1) is 13.3. The highest BCUT2D eigenvalue weighted by atomic mass is 19.1. The number of hydrogen-bond donors (Lipinski definition) is 1. The molecule has 2 aromatic rings. The van der Waals surface area contributed by atoms with Crippen LogP contribution in [0.3, 0.4) is 0 Å². The first-order valence-electron chi connectivity index (χ1n) is 6.10. The van der Waals surface area contributed by atoms with Crippen LogP contribution in [-0.4, -0.2) is 17.0 Å². The highest BCUT2D eigenvalue weighted by Gasteiger charge is 2.17. The van der Waals surface area contributed by atoms with Gasteiger partial charge < -0.3 is 10.6 Å². The number of nitrogens with zero attached hydrogens (tertiary/aromatic N) is 3. The molecule has 0 saturated carbocycles. The quantitative estimate of drug-likeness (QED) is 0.921. The smallest absolute Gasteiger partial charge is 0.141 e. The summed E-state index contributed by atoms with van der Waals surface area (Å²) in [4.78, 5) is 10.1. The van der Waals surface area contributed by atoms with Crippen molar-refractivity contribution < 1.29 is 4.39 Å². The molecule has 4 nitrogen and oxygen atoms in total. The van der Waals surface area contributed by atoms with E-state index in [4.69, 9.17) is 5.73 Å². The number of benzene rings is 1. The van der Waals surface area contributed by atoms with Gasteiger partial charge in [-0.2, -0.15) is 0 Å². The molecule has 0 atom stereocenters. The summed E-state index contributed by atoms with van der Waals surface area (Å²) in [5.41, 5.74) is 7.51. The second kappa shape index (κ2) is 5.22. The van der Waals surface area contributed by atoms with E-state index < -0.39 is 0 Å². The molecule has 2 N–H and O–H groups in total. The Labute approximate surface area is 112 Å². The normalized spacial score (nSPS) is 10.8. The van der Waals surface area contributed by atoms with E-state index in [2.05, 4.69) is 9.97 Å². The highest BCUT2D eigenvalue weighted by Crippen LogP contribution is 2.32. The van der Waals surface area contributed by atoms with Crippen LogP contribution >= 0.6 is 0 Å². The van der Waals surface area contributed by atoms with E-state index in [1.165, 1.54) is 18.5 Å². The zero-order valence-electron chi connectivity index (χ0n) is 11.3. The Morgan fingerprint density at radius 2 is 2.00 bits per heavy atom. The van der Waals surface area contributed by atoms with E-state index in [1.54, 1.807) is 6.07 Å². The molecule has 5 heteroatoms. The number of nitrogens with two attached hydrogens (primary N) is 1. The van der Waals surface area contributed by atoms with Gasteiger partial charge in [0.2, 0.25) is 0 Å². The second-order valence-electron chi connectivity index (χ2n) is 4.69. The molecule has 100 valence electrons. The molecule has 0 fully saturated rings. The van der Waals surface area contributed by atoms with Gasteiger partial charge in [0.05, 0.1) is 0 Å². The van der Waals surface area contributed by atoms with Crippen molar-refractivity contribution in [2.75, 3.05) is 17.7 Å². The minimum Gasteiger partial charge on any atom is -0.383 e. The maximum Gasteiger partial charge on any atom is 0.141 e. The number of hydrogen-bond acceptors (Lipinski definition) is 4. The lowest BCUT2D eigenvalue weighted by Gasteiger charge is -2.23. The van der Waals surface area contributed by atoms with Gasteiger partial charge in [-0.3, -0.25) is 0 Å². The number of rotatable bonds is 3. The van der Waals surface area contributed by atoms with Crippen LogP contribution in [0.15, 0.2) is 30.6 Å². The molecular weight excluding hydrogens is 243 g/mol. The van der Waals surface area contributed by atoms with Crippen molar-refractivity contribution in [1.82, 2.24) is 9.97 Å². The van der Waals surface area contributed by atoms with Crippen LogP contribution in [0.2, 0.25) is 0 Å². The Kier molecular flexibility index (Phi) is 3.64. The lowest BCUT2D eigenvalue weighted by atomic mass is 10.0. The third-order valence-electron chi connectivity index (χ3n) is 2.98. The molecule has 0 amide bonds. The van der Waals surface area contributed by atoms with Crippen LogP contribution in [0.1, 0.15) is 25.3 Å². The first-order valence-corrected chi connectivity index (χ1v) is 6.10. The predicted molar refractivity (Wildman–Crippen MR) is 75.0 cm³/mol. The zero-order chi connectivity index (χ0) is 14.0. The molecule has 0 radical (unpaired) electrons. The predicted octanol–water partition coefficient (Wildman–Crippen LogP) is 3.09. The number of aromatic nitrogens is 2. The Balaban J connectivity index is 2.50. The van der Waals surface area contributed by atoms with E-state index in [0.717, 1.165) is 11.3 Å². The van der Waals surface area contributed by atoms with Gasteiger partial charge in [-0.05, 0) is 24.1 Å². The average Bonchev–Trinajstić information content (AvgIpc) is 2.37. The monoisotopic (exact) mass is 260 g/mol. The fourth-order valence-electron chi connectivity index (χ4n) is 2.03. The average molecular weight is 260 g/mol. The lowest BCUT2D eigenvalue weighted by molar-refractivity contribution is 0.628. The summed E-state index contributed by atoms with van der Waals surface area (Å²) in [6, 6.07) is 6.36. The molecule has 2 rings (SSSR count). The first-order chi connectivity index (χ1) is 9.00. The van der Waals surface area contributed by atoms with Crippen molar-refractivity contribution in [3.8, 4) is 0 Å². The van der Waals surface area contributed by atoms with Gasteiger partial charge in [-0.1, -0.05) is 19.9 Å². The summed E-state index contributed by atoms with van der Waals surface area (Å²) in [5, 5.41) is 0. The number of nitrogen functional groups attached to an aromatic ring is 1. The van der Waals surface area contributed by atoms with Crippen molar-refractivity contribution in [2.45, 2.75) is 19.8 Å². The molecule has 0 bridgehead atoms. The van der Waals surface area contributed by atoms with Crippen LogP contribution in [0.4, 0.5) is 21.7 Å². The fraction of sp³-hybridized carbons (Fsp3) is 0.286. The Bertz CT molecular complexity index is 583. The third kappa shape index (κ3) is 2.65. The van der Waals surface area contributed by atoms with E-state index >= 15 is 0 Å². The summed E-state index contributed by atoms with van der Waals surface area (Å²) < 4.78 is 13.3. The van der Waals surface area contributed by atoms with E-state index in [0.29, 0.717) is 11.6 Å². The Morgan fingerprint density at radius 3 is 2.63 bits per heavy atom.